The minimum atomic E-state index is -4.46. The van der Waals surface area contributed by atoms with E-state index in [0.717, 1.165) is 12.1 Å². The highest BCUT2D eigenvalue weighted by molar-refractivity contribution is 6.29. The fraction of sp³-hybridized carbons (Fsp3) is 0.167. The number of alkyl halides is 3. The Balaban J connectivity index is 2.08. The third-order valence-electron chi connectivity index (χ3n) is 3.86. The van der Waals surface area contributed by atoms with E-state index >= 15 is 0 Å². The number of benzene rings is 1. The molecule has 1 aromatic carbocycles. The number of ketones is 2. The van der Waals surface area contributed by atoms with Crippen LogP contribution in [0.15, 0.2) is 52.0 Å². The Morgan fingerprint density at radius 3 is 2.04 bits per heavy atom. The van der Waals surface area contributed by atoms with Gasteiger partial charge in [-0.2, -0.15) is 13.2 Å². The Labute approximate surface area is 140 Å². The van der Waals surface area contributed by atoms with Crippen molar-refractivity contribution in [1.29, 1.82) is 0 Å². The number of hydrogen-bond donors (Lipinski definition) is 0. The molecule has 0 atom stereocenters. The number of oxazole rings is 1. The van der Waals surface area contributed by atoms with Crippen molar-refractivity contribution in [1.82, 2.24) is 4.98 Å². The predicted molar refractivity (Wildman–Crippen MR) is 83.1 cm³/mol. The van der Waals surface area contributed by atoms with Crippen LogP contribution in [0.25, 0.3) is 11.5 Å². The lowest BCUT2D eigenvalue weighted by Gasteiger charge is -2.13. The molecule has 0 saturated carbocycles. The maximum Gasteiger partial charge on any atom is 0.416 e. The third kappa shape index (κ3) is 2.71. The Morgan fingerprint density at radius 2 is 1.52 bits per heavy atom. The molecule has 0 unspecified atom stereocenters. The monoisotopic (exact) mass is 347 g/mol. The van der Waals surface area contributed by atoms with Crippen LogP contribution in [0.2, 0.25) is 0 Å². The first kappa shape index (κ1) is 16.9. The van der Waals surface area contributed by atoms with E-state index in [1.165, 1.54) is 24.3 Å². The van der Waals surface area contributed by atoms with Gasteiger partial charge < -0.3 is 4.42 Å². The molecule has 25 heavy (non-hydrogen) atoms. The van der Waals surface area contributed by atoms with Crippen molar-refractivity contribution in [2.45, 2.75) is 20.0 Å². The molecular weight excluding hydrogens is 335 g/mol. The summed E-state index contributed by atoms with van der Waals surface area (Å²) >= 11 is 0. The molecule has 0 bridgehead atoms. The molecule has 0 radical (unpaired) electrons. The first-order valence-corrected chi connectivity index (χ1v) is 7.38. The number of fused-ring (bicyclic) bond motifs is 1. The highest BCUT2D eigenvalue weighted by atomic mass is 19.4. The van der Waals surface area contributed by atoms with E-state index in [4.69, 9.17) is 4.42 Å². The summed E-state index contributed by atoms with van der Waals surface area (Å²) in [6.07, 6.45) is -1.42. The average Bonchev–Trinajstić information content (AvgIpc) is 3.03. The fourth-order valence-corrected chi connectivity index (χ4v) is 2.62. The van der Waals surface area contributed by atoms with Crippen LogP contribution in [-0.4, -0.2) is 16.6 Å². The average molecular weight is 347 g/mol. The predicted octanol–water partition coefficient (Wildman–Crippen LogP) is 4.63. The molecule has 1 heterocycles. The van der Waals surface area contributed by atoms with Crippen LogP contribution in [0.4, 0.5) is 13.2 Å². The van der Waals surface area contributed by atoms with Gasteiger partial charge in [0, 0.05) is 16.7 Å². The van der Waals surface area contributed by atoms with Gasteiger partial charge in [-0.25, -0.2) is 4.98 Å². The summed E-state index contributed by atoms with van der Waals surface area (Å²) in [5.41, 5.74) is -0.250. The summed E-state index contributed by atoms with van der Waals surface area (Å²) in [6, 6.07) is 4.14. The van der Waals surface area contributed by atoms with Crippen molar-refractivity contribution < 1.29 is 27.2 Å². The minimum Gasteiger partial charge on any atom is -0.432 e. The number of nitrogens with zero attached hydrogens (tertiary/aromatic N) is 1. The van der Waals surface area contributed by atoms with E-state index in [9.17, 15) is 22.8 Å². The minimum absolute atomic E-state index is 0.0757. The molecule has 1 aliphatic rings. The third-order valence-corrected chi connectivity index (χ3v) is 3.86. The number of Topliss-reactive ketones (excluding diaryl/α,β-unsaturated/α-hetero) is 2. The highest BCUT2D eigenvalue weighted by Gasteiger charge is 2.37. The van der Waals surface area contributed by atoms with Gasteiger partial charge in [-0.15, -0.1) is 0 Å². The van der Waals surface area contributed by atoms with Gasteiger partial charge in [0.15, 0.2) is 5.69 Å². The topological polar surface area (TPSA) is 60.2 Å². The zero-order valence-electron chi connectivity index (χ0n) is 13.3. The van der Waals surface area contributed by atoms with Crippen LogP contribution in [0.3, 0.4) is 0 Å². The largest absolute Gasteiger partial charge is 0.432 e. The van der Waals surface area contributed by atoms with Crippen molar-refractivity contribution in [3.05, 3.63) is 64.6 Å². The number of carbonyl (C=O) groups is 2. The fourth-order valence-electron chi connectivity index (χ4n) is 2.62. The molecule has 0 spiro atoms. The van der Waals surface area contributed by atoms with Crippen LogP contribution >= 0.6 is 0 Å². The molecule has 128 valence electrons. The molecule has 0 N–H and O–H groups in total. The van der Waals surface area contributed by atoms with E-state index in [2.05, 4.69) is 4.98 Å². The molecule has 0 fully saturated rings. The molecule has 7 heteroatoms. The van der Waals surface area contributed by atoms with Crippen LogP contribution in [0.1, 0.15) is 40.5 Å². The van der Waals surface area contributed by atoms with Crippen LogP contribution in [-0.2, 0) is 6.18 Å². The van der Waals surface area contributed by atoms with E-state index in [-0.39, 0.29) is 34.1 Å². The van der Waals surface area contributed by atoms with Crippen molar-refractivity contribution >= 4 is 11.6 Å². The number of hydrogen-bond acceptors (Lipinski definition) is 4. The van der Waals surface area contributed by atoms with Crippen molar-refractivity contribution in [2.75, 3.05) is 0 Å². The van der Waals surface area contributed by atoms with Gasteiger partial charge in [-0.05, 0) is 38.1 Å². The molecule has 2 aromatic rings. The SMILES string of the molecule is C/C=C1/C(=O)c2nc(-c3ccc(C(F)(F)F)cc3)oc2C(=O)/C1=C/C. The Bertz CT molecular complexity index is 884. The molecule has 0 amide bonds. The maximum absolute atomic E-state index is 12.6. The number of allylic oxidation sites excluding steroid dienone is 4. The molecule has 0 aliphatic heterocycles. The summed E-state index contributed by atoms with van der Waals surface area (Å²) in [5.74, 6) is -1.20. The van der Waals surface area contributed by atoms with Gasteiger partial charge in [-0.3, -0.25) is 9.59 Å². The lowest BCUT2D eigenvalue weighted by molar-refractivity contribution is -0.137. The molecule has 3 rings (SSSR count). The van der Waals surface area contributed by atoms with E-state index < -0.39 is 23.3 Å². The number of rotatable bonds is 1. The standard InChI is InChI=1S/C18H12F3NO3/c1-3-11-12(4-2)15(24)16-13(14(11)23)22-17(25-16)9-5-7-10(8-6-9)18(19,20)21/h3-8H,1-2H3/b11-3+,12-4+. The lowest BCUT2D eigenvalue weighted by atomic mass is 9.88. The molecule has 1 aromatic heterocycles. The van der Waals surface area contributed by atoms with Crippen molar-refractivity contribution in [3.63, 3.8) is 0 Å². The summed E-state index contributed by atoms with van der Waals surface area (Å²) in [5, 5.41) is 0. The smallest absolute Gasteiger partial charge is 0.416 e. The molecule has 4 nitrogen and oxygen atoms in total. The second-order valence-electron chi connectivity index (χ2n) is 5.33. The normalized spacial score (nSPS) is 18.1. The molecule has 1 aliphatic carbocycles. The van der Waals surface area contributed by atoms with Crippen molar-refractivity contribution in [3.8, 4) is 11.5 Å². The van der Waals surface area contributed by atoms with Gasteiger partial charge in [0.25, 0.3) is 0 Å². The van der Waals surface area contributed by atoms with Crippen LogP contribution < -0.4 is 0 Å². The second kappa shape index (κ2) is 5.84. The van der Waals surface area contributed by atoms with E-state index in [1.807, 2.05) is 0 Å². The second-order valence-corrected chi connectivity index (χ2v) is 5.33. The van der Waals surface area contributed by atoms with Crippen LogP contribution in [0.5, 0.6) is 0 Å². The van der Waals surface area contributed by atoms with E-state index in [0.29, 0.717) is 0 Å². The Hall–Kier alpha value is -2.96. The summed E-state index contributed by atoms with van der Waals surface area (Å²) < 4.78 is 43.3. The van der Waals surface area contributed by atoms with Gasteiger partial charge in [0.05, 0.1) is 5.56 Å². The number of halogens is 3. The molecular formula is C18H12F3NO3. The first-order valence-electron chi connectivity index (χ1n) is 7.38. The van der Waals surface area contributed by atoms with Gasteiger partial charge in [0.2, 0.25) is 23.2 Å². The Kier molecular flexibility index (Phi) is 3.94. The van der Waals surface area contributed by atoms with Gasteiger partial charge >= 0.3 is 6.18 Å². The quantitative estimate of drug-likeness (QED) is 0.706. The van der Waals surface area contributed by atoms with Gasteiger partial charge in [-0.1, -0.05) is 12.2 Å². The zero-order valence-corrected chi connectivity index (χ0v) is 13.3. The van der Waals surface area contributed by atoms with Gasteiger partial charge in [0.1, 0.15) is 0 Å². The summed E-state index contributed by atoms with van der Waals surface area (Å²) in [6.45, 7) is 3.26. The zero-order chi connectivity index (χ0) is 18.4. The lowest BCUT2D eigenvalue weighted by Crippen LogP contribution is -2.21. The van der Waals surface area contributed by atoms with Crippen molar-refractivity contribution in [2.24, 2.45) is 0 Å². The number of aromatic nitrogens is 1. The molecule has 0 saturated heterocycles. The van der Waals surface area contributed by atoms with E-state index in [1.54, 1.807) is 13.8 Å². The highest BCUT2D eigenvalue weighted by Crippen LogP contribution is 2.34. The first-order chi connectivity index (χ1) is 11.8. The van der Waals surface area contributed by atoms with Crippen LogP contribution in [0, 0.1) is 0 Å². The maximum atomic E-state index is 12.6. The number of carbonyl (C=O) groups excluding carboxylic acids is 2. The summed E-state index contributed by atoms with van der Waals surface area (Å²) in [7, 11) is 0. The Morgan fingerprint density at radius 1 is 0.960 bits per heavy atom. The summed E-state index contributed by atoms with van der Waals surface area (Å²) in [4.78, 5) is 28.9.